The van der Waals surface area contributed by atoms with Gasteiger partial charge in [-0.25, -0.2) is 0 Å². The molecule has 1 aromatic heterocycles. The summed E-state index contributed by atoms with van der Waals surface area (Å²) in [5.74, 6) is 0. The minimum Gasteiger partial charge on any atom is -0.192 e. The van der Waals surface area contributed by atoms with Crippen LogP contribution in [0.5, 0.6) is 0 Å². The maximum Gasteiger partial charge on any atom is 0.0998 e. The predicted molar refractivity (Wildman–Crippen MR) is 58.0 cm³/mol. The molecule has 0 N–H and O–H groups in total. The normalized spacial score (nSPS) is 9.20. The summed E-state index contributed by atoms with van der Waals surface area (Å²) in [6.45, 7) is 0. The van der Waals surface area contributed by atoms with Gasteiger partial charge in [0.1, 0.15) is 0 Å². The third-order valence-corrected chi connectivity index (χ3v) is 2.67. The molecular formula is C12H5N2S. The standard InChI is InChI=1S/C12H5N2S/c13-6-9-1-2-10(7-14)12(5-9)11-3-4-15-8-11/h1-3,5,8H. The largest absolute Gasteiger partial charge is 0.192 e. The molecule has 15 heavy (non-hydrogen) atoms. The molecule has 0 spiro atoms. The van der Waals surface area contributed by atoms with Crippen LogP contribution in [0.1, 0.15) is 11.1 Å². The van der Waals surface area contributed by atoms with E-state index in [1.807, 2.05) is 11.4 Å². The first-order chi connectivity index (χ1) is 7.35. The lowest BCUT2D eigenvalue weighted by Gasteiger charge is -2.01. The first-order valence-electron chi connectivity index (χ1n) is 4.24. The SMILES string of the molecule is N#Cc1ccc(C#N)c(-c2c[c]sc2)c1. The van der Waals surface area contributed by atoms with E-state index in [1.54, 1.807) is 18.2 Å². The van der Waals surface area contributed by atoms with Gasteiger partial charge in [-0.05, 0) is 35.2 Å². The summed E-state index contributed by atoms with van der Waals surface area (Å²) in [4.78, 5) is 0. The minimum atomic E-state index is 0.565. The van der Waals surface area contributed by atoms with Gasteiger partial charge in [0.2, 0.25) is 0 Å². The van der Waals surface area contributed by atoms with Crippen molar-refractivity contribution in [2.75, 3.05) is 0 Å². The second kappa shape index (κ2) is 3.96. The molecule has 2 nitrogen and oxygen atoms in total. The van der Waals surface area contributed by atoms with Crippen LogP contribution in [0.25, 0.3) is 11.1 Å². The minimum absolute atomic E-state index is 0.565. The van der Waals surface area contributed by atoms with Crippen LogP contribution in [0.15, 0.2) is 29.6 Å². The average Bonchev–Trinajstić information content (AvgIpc) is 2.81. The van der Waals surface area contributed by atoms with Crippen molar-refractivity contribution in [3.63, 3.8) is 0 Å². The van der Waals surface area contributed by atoms with Gasteiger partial charge in [-0.2, -0.15) is 10.5 Å². The van der Waals surface area contributed by atoms with Gasteiger partial charge >= 0.3 is 0 Å². The van der Waals surface area contributed by atoms with E-state index in [0.717, 1.165) is 11.1 Å². The van der Waals surface area contributed by atoms with Crippen LogP contribution in [-0.2, 0) is 0 Å². The fourth-order valence-electron chi connectivity index (χ4n) is 1.32. The molecule has 3 heteroatoms. The van der Waals surface area contributed by atoms with E-state index in [4.69, 9.17) is 10.5 Å². The Morgan fingerprint density at radius 2 is 2.07 bits per heavy atom. The Morgan fingerprint density at radius 3 is 2.67 bits per heavy atom. The Bertz CT molecular complexity index is 556. The van der Waals surface area contributed by atoms with Gasteiger partial charge in [0, 0.05) is 10.9 Å². The summed E-state index contributed by atoms with van der Waals surface area (Å²) in [6, 6.07) is 11.1. The molecule has 0 atom stereocenters. The van der Waals surface area contributed by atoms with Crippen LogP contribution in [0.3, 0.4) is 0 Å². The lowest BCUT2D eigenvalue weighted by Crippen LogP contribution is -1.84. The van der Waals surface area contributed by atoms with Gasteiger partial charge in [0.15, 0.2) is 0 Å². The first-order valence-corrected chi connectivity index (χ1v) is 5.12. The van der Waals surface area contributed by atoms with Crippen molar-refractivity contribution in [2.24, 2.45) is 0 Å². The number of hydrogen-bond donors (Lipinski definition) is 0. The molecule has 1 aromatic carbocycles. The molecule has 69 valence electrons. The van der Waals surface area contributed by atoms with Crippen LogP contribution in [0.4, 0.5) is 0 Å². The molecule has 0 amide bonds. The molecule has 0 saturated carbocycles. The maximum atomic E-state index is 8.94. The van der Waals surface area contributed by atoms with Gasteiger partial charge in [-0.1, -0.05) is 0 Å². The van der Waals surface area contributed by atoms with Crippen molar-refractivity contribution < 1.29 is 0 Å². The van der Waals surface area contributed by atoms with Crippen LogP contribution in [-0.4, -0.2) is 0 Å². The molecule has 2 rings (SSSR count). The van der Waals surface area contributed by atoms with Gasteiger partial charge in [0.05, 0.1) is 23.3 Å². The number of thiophene rings is 1. The lowest BCUT2D eigenvalue weighted by atomic mass is 10.0. The van der Waals surface area contributed by atoms with E-state index in [-0.39, 0.29) is 0 Å². The molecular weight excluding hydrogens is 204 g/mol. The molecule has 2 aromatic rings. The monoisotopic (exact) mass is 209 g/mol. The summed E-state index contributed by atoms with van der Waals surface area (Å²) in [7, 11) is 0. The van der Waals surface area contributed by atoms with Crippen molar-refractivity contribution in [3.05, 3.63) is 46.2 Å². The lowest BCUT2D eigenvalue weighted by molar-refractivity contribution is 1.45. The van der Waals surface area contributed by atoms with Gasteiger partial charge < -0.3 is 0 Å². The Labute approximate surface area is 91.6 Å². The topological polar surface area (TPSA) is 47.6 Å². The predicted octanol–water partition coefficient (Wildman–Crippen LogP) is 2.96. The molecule has 0 bridgehead atoms. The van der Waals surface area contributed by atoms with E-state index in [1.165, 1.54) is 11.3 Å². The number of rotatable bonds is 1. The highest BCUT2D eigenvalue weighted by molar-refractivity contribution is 7.07. The van der Waals surface area contributed by atoms with Crippen molar-refractivity contribution in [2.45, 2.75) is 0 Å². The molecule has 0 unspecified atom stereocenters. The third-order valence-electron chi connectivity index (χ3n) is 2.05. The quantitative estimate of drug-likeness (QED) is 0.724. The fraction of sp³-hybridized carbons (Fsp3) is 0. The smallest absolute Gasteiger partial charge is 0.0998 e. The highest BCUT2D eigenvalue weighted by Gasteiger charge is 2.06. The maximum absolute atomic E-state index is 8.94. The number of hydrogen-bond acceptors (Lipinski definition) is 3. The van der Waals surface area contributed by atoms with Crippen molar-refractivity contribution in [1.82, 2.24) is 0 Å². The Morgan fingerprint density at radius 1 is 1.20 bits per heavy atom. The molecule has 1 heterocycles. The van der Waals surface area contributed by atoms with E-state index < -0.39 is 0 Å². The zero-order chi connectivity index (χ0) is 10.7. The van der Waals surface area contributed by atoms with E-state index in [2.05, 4.69) is 17.5 Å². The van der Waals surface area contributed by atoms with Crippen molar-refractivity contribution in [1.29, 1.82) is 10.5 Å². The van der Waals surface area contributed by atoms with Crippen LogP contribution < -0.4 is 0 Å². The summed E-state index contributed by atoms with van der Waals surface area (Å²) in [6.07, 6.45) is 0. The van der Waals surface area contributed by atoms with Crippen molar-refractivity contribution >= 4 is 11.3 Å². The van der Waals surface area contributed by atoms with Crippen LogP contribution in [0, 0.1) is 28.0 Å². The molecule has 0 aliphatic carbocycles. The molecule has 0 saturated heterocycles. The average molecular weight is 209 g/mol. The molecule has 1 radical (unpaired) electrons. The summed E-state index contributed by atoms with van der Waals surface area (Å²) in [5.41, 5.74) is 2.89. The van der Waals surface area contributed by atoms with Gasteiger partial charge in [0.25, 0.3) is 0 Å². The highest BCUT2D eigenvalue weighted by atomic mass is 32.1. The Kier molecular flexibility index (Phi) is 2.49. The fourth-order valence-corrected chi connectivity index (χ4v) is 1.91. The Hall–Kier alpha value is -2.10. The zero-order valence-corrected chi connectivity index (χ0v) is 8.51. The second-order valence-corrected chi connectivity index (χ2v) is 3.64. The number of nitriles is 2. The second-order valence-electron chi connectivity index (χ2n) is 2.94. The third kappa shape index (κ3) is 1.74. The summed E-state index contributed by atoms with van der Waals surface area (Å²) in [5, 5.41) is 22.6. The molecule has 0 aliphatic heterocycles. The van der Waals surface area contributed by atoms with Crippen LogP contribution >= 0.6 is 11.3 Å². The summed E-state index contributed by atoms with van der Waals surface area (Å²) < 4.78 is 0. The molecule has 0 fully saturated rings. The van der Waals surface area contributed by atoms with E-state index in [0.29, 0.717) is 11.1 Å². The van der Waals surface area contributed by atoms with Crippen molar-refractivity contribution in [3.8, 4) is 23.3 Å². The van der Waals surface area contributed by atoms with E-state index in [9.17, 15) is 0 Å². The van der Waals surface area contributed by atoms with Gasteiger partial charge in [-0.15, -0.1) is 11.3 Å². The van der Waals surface area contributed by atoms with Crippen LogP contribution in [0.2, 0.25) is 0 Å². The first kappa shape index (κ1) is 9.45. The number of benzene rings is 1. The zero-order valence-electron chi connectivity index (χ0n) is 7.69. The summed E-state index contributed by atoms with van der Waals surface area (Å²) >= 11 is 1.45. The number of nitrogens with zero attached hydrogens (tertiary/aromatic N) is 2. The van der Waals surface area contributed by atoms with E-state index >= 15 is 0 Å². The highest BCUT2D eigenvalue weighted by Crippen LogP contribution is 2.26. The molecule has 0 aliphatic rings. The Balaban J connectivity index is 2.65. The van der Waals surface area contributed by atoms with Gasteiger partial charge in [-0.3, -0.25) is 0 Å².